The van der Waals surface area contributed by atoms with E-state index in [2.05, 4.69) is 47.5 Å². The summed E-state index contributed by atoms with van der Waals surface area (Å²) in [6, 6.07) is -13.5. The summed E-state index contributed by atoms with van der Waals surface area (Å²) in [4.78, 5) is 134. The predicted octanol–water partition coefficient (Wildman–Crippen LogP) is -5.81. The lowest BCUT2D eigenvalue weighted by molar-refractivity contribution is -0.144. The molecule has 27 nitrogen and oxygen atoms in total. The molecule has 0 aromatic heterocycles. The molecule has 0 aliphatic rings. The van der Waals surface area contributed by atoms with Crippen molar-refractivity contribution in [2.75, 3.05) is 26.4 Å². The van der Waals surface area contributed by atoms with Gasteiger partial charge in [-0.3, -0.25) is 48.1 Å². The molecule has 0 spiro atoms. The fourth-order valence-electron chi connectivity index (χ4n) is 6.04. The summed E-state index contributed by atoms with van der Waals surface area (Å²) < 4.78 is 0. The molecule has 19 N–H and O–H groups in total. The van der Waals surface area contributed by atoms with Gasteiger partial charge in [0.25, 0.3) is 0 Å². The number of carbonyl (C=O) groups excluding carboxylic acids is 8. The number of hydrogen-bond donors (Lipinski definition) is 16. The van der Waals surface area contributed by atoms with E-state index in [1.54, 1.807) is 41.5 Å². The Morgan fingerprint density at radius 1 is 0.485 bits per heavy atom. The second kappa shape index (κ2) is 31.0. The Labute approximate surface area is 394 Å². The van der Waals surface area contributed by atoms with Crippen LogP contribution in [0.2, 0.25) is 0 Å². The minimum Gasteiger partial charge on any atom is -0.481 e. The number of guanidine groups is 1. The molecule has 388 valence electrons. The number of rotatable bonds is 32. The molecule has 0 rings (SSSR count). The molecule has 0 saturated heterocycles. The Kier molecular flexibility index (Phi) is 28.2. The van der Waals surface area contributed by atoms with Crippen LogP contribution in [0.4, 0.5) is 0 Å². The highest BCUT2D eigenvalue weighted by molar-refractivity contribution is 5.98. The molecule has 0 aromatic rings. The Hall–Kier alpha value is -6.19. The number of aliphatic carboxylic acids is 2. The topological polar surface area (TPSA) is 459 Å². The number of amides is 8. The molecule has 0 bridgehead atoms. The maximum atomic E-state index is 14.0. The zero-order chi connectivity index (χ0) is 52.6. The molecule has 0 fully saturated rings. The molecule has 0 saturated carbocycles. The highest BCUT2D eigenvalue weighted by Gasteiger charge is 2.36. The molecular formula is C41H74N12O15. The summed E-state index contributed by atoms with van der Waals surface area (Å²) >= 11 is 0. The zero-order valence-electron chi connectivity index (χ0n) is 39.9. The summed E-state index contributed by atoms with van der Waals surface area (Å²) in [5.74, 6) is -13.2. The molecule has 0 radical (unpaired) electrons. The summed E-state index contributed by atoms with van der Waals surface area (Å²) in [6.45, 7) is 9.73. The monoisotopic (exact) mass is 975 g/mol. The van der Waals surface area contributed by atoms with Crippen LogP contribution in [0.5, 0.6) is 0 Å². The maximum absolute atomic E-state index is 14.0. The number of aliphatic hydroxyl groups excluding tert-OH is 3. The first-order valence-corrected chi connectivity index (χ1v) is 22.2. The molecule has 68 heavy (non-hydrogen) atoms. The summed E-state index contributed by atoms with van der Waals surface area (Å²) in [7, 11) is 0. The van der Waals surface area contributed by atoms with Crippen molar-refractivity contribution in [3.05, 3.63) is 0 Å². The van der Waals surface area contributed by atoms with E-state index in [0.717, 1.165) is 0 Å². The van der Waals surface area contributed by atoms with Crippen LogP contribution in [0.1, 0.15) is 87.5 Å². The third-order valence-corrected chi connectivity index (χ3v) is 10.6. The molecule has 0 aromatic carbocycles. The van der Waals surface area contributed by atoms with Gasteiger partial charge in [0.15, 0.2) is 5.96 Å². The lowest BCUT2D eigenvalue weighted by atomic mass is 9.97. The number of hydrogen-bond acceptors (Lipinski definition) is 15. The number of carboxylic acid groups (broad SMARTS) is 2. The molecule has 0 heterocycles. The van der Waals surface area contributed by atoms with Crippen molar-refractivity contribution >= 4 is 65.2 Å². The van der Waals surface area contributed by atoms with Crippen LogP contribution in [-0.4, -0.2) is 171 Å². The number of aliphatic imine (C=N–C) groups is 1. The minimum absolute atomic E-state index is 0.0353. The first-order chi connectivity index (χ1) is 31.7. The number of nitrogens with one attached hydrogen (secondary N) is 8. The van der Waals surface area contributed by atoms with E-state index in [1.165, 1.54) is 13.8 Å². The van der Waals surface area contributed by atoms with E-state index in [0.29, 0.717) is 0 Å². The Bertz CT molecular complexity index is 1760. The second-order valence-electron chi connectivity index (χ2n) is 17.2. The van der Waals surface area contributed by atoms with Crippen LogP contribution in [0.15, 0.2) is 4.99 Å². The van der Waals surface area contributed by atoms with Crippen LogP contribution in [0.25, 0.3) is 0 Å². The maximum Gasteiger partial charge on any atom is 0.326 e. The average Bonchev–Trinajstić information content (AvgIpc) is 3.26. The van der Waals surface area contributed by atoms with Gasteiger partial charge in [-0.15, -0.1) is 0 Å². The van der Waals surface area contributed by atoms with Gasteiger partial charge in [-0.25, -0.2) is 4.79 Å². The Balaban J connectivity index is 6.56. The van der Waals surface area contributed by atoms with E-state index >= 15 is 0 Å². The Morgan fingerprint density at radius 2 is 0.853 bits per heavy atom. The van der Waals surface area contributed by atoms with Crippen LogP contribution >= 0.6 is 0 Å². The molecular weight excluding hydrogens is 901 g/mol. The van der Waals surface area contributed by atoms with E-state index in [4.69, 9.17) is 17.2 Å². The van der Waals surface area contributed by atoms with Gasteiger partial charge in [-0.1, -0.05) is 61.8 Å². The highest BCUT2D eigenvalue weighted by atomic mass is 16.4. The molecule has 0 aliphatic carbocycles. The van der Waals surface area contributed by atoms with Gasteiger partial charge < -0.3 is 85.3 Å². The minimum atomic E-state index is -1.77. The molecule has 8 amide bonds. The molecule has 0 aliphatic heterocycles. The molecule has 0 unspecified atom stereocenters. The number of nitrogens with zero attached hydrogens (tertiary/aromatic N) is 1. The first-order valence-electron chi connectivity index (χ1n) is 22.2. The summed E-state index contributed by atoms with van der Waals surface area (Å²) in [5.41, 5.74) is 16.8. The molecule has 10 atom stereocenters. The van der Waals surface area contributed by atoms with E-state index in [9.17, 15) is 73.5 Å². The van der Waals surface area contributed by atoms with Crippen LogP contribution in [-0.2, 0) is 47.9 Å². The van der Waals surface area contributed by atoms with E-state index in [1.807, 2.05) is 0 Å². The van der Waals surface area contributed by atoms with Crippen molar-refractivity contribution in [1.82, 2.24) is 42.5 Å². The van der Waals surface area contributed by atoms with Crippen molar-refractivity contribution < 1.29 is 73.5 Å². The fraction of sp³-hybridized carbons (Fsp3) is 0.732. The third kappa shape index (κ3) is 21.6. The fourth-order valence-corrected chi connectivity index (χ4v) is 6.04. The second-order valence-corrected chi connectivity index (χ2v) is 17.2. The van der Waals surface area contributed by atoms with Crippen molar-refractivity contribution in [2.45, 2.75) is 142 Å². The van der Waals surface area contributed by atoms with Gasteiger partial charge in [-0.2, -0.15) is 0 Å². The van der Waals surface area contributed by atoms with Crippen LogP contribution in [0.3, 0.4) is 0 Å². The smallest absolute Gasteiger partial charge is 0.326 e. The zero-order valence-corrected chi connectivity index (χ0v) is 39.9. The molecule has 27 heteroatoms. The van der Waals surface area contributed by atoms with Gasteiger partial charge in [0.2, 0.25) is 47.3 Å². The van der Waals surface area contributed by atoms with Crippen LogP contribution < -0.4 is 59.7 Å². The van der Waals surface area contributed by atoms with E-state index < -0.39 is 164 Å². The lowest BCUT2D eigenvalue weighted by Crippen LogP contribution is -2.62. The first kappa shape index (κ1) is 61.8. The average molecular weight is 975 g/mol. The number of aliphatic hydroxyl groups is 3. The van der Waals surface area contributed by atoms with Gasteiger partial charge in [0.05, 0.1) is 25.9 Å². The van der Waals surface area contributed by atoms with Crippen molar-refractivity contribution in [3.8, 4) is 0 Å². The Morgan fingerprint density at radius 3 is 1.25 bits per heavy atom. The number of carboxylic acids is 2. The van der Waals surface area contributed by atoms with E-state index in [-0.39, 0.29) is 37.7 Å². The van der Waals surface area contributed by atoms with Crippen molar-refractivity contribution in [2.24, 2.45) is 45.9 Å². The predicted molar refractivity (Wildman–Crippen MR) is 243 cm³/mol. The third-order valence-electron chi connectivity index (χ3n) is 10.6. The summed E-state index contributed by atoms with van der Waals surface area (Å²) in [5, 5.41) is 67.5. The number of carbonyl (C=O) groups is 10. The standard InChI is InChI=1S/C41H74N12O15/c1-9-21(8)31(39(66)50-25(16-55)35(62)48-26(17-56)36(63)52-30(20(6)7)40(67)68)53-33(60)22(11-10-14-45-41(43)44)46-32(59)23(12-13-27(57)58)47-34(61)24(15-54)49-38(65)29(19(4)5)51-37(64)28(42)18(2)3/h18-26,28-31,54-56H,9-17,42H2,1-8H3,(H,46,59)(H,47,61)(H,48,62)(H,49,65)(H,50,66)(H,51,64)(H,52,63)(H,53,60)(H,57,58)(H,67,68)(H4,43,44,45)/t21-,22-,23-,24-,25-,26-,28-,29-,30-,31-/m0/s1. The van der Waals surface area contributed by atoms with Gasteiger partial charge in [0, 0.05) is 13.0 Å². The number of nitrogens with two attached hydrogens (primary N) is 3. The normalized spacial score (nSPS) is 15.6. The lowest BCUT2D eigenvalue weighted by Gasteiger charge is -2.29. The summed E-state index contributed by atoms with van der Waals surface area (Å²) in [6.07, 6.45) is -1.18. The highest BCUT2D eigenvalue weighted by Crippen LogP contribution is 2.12. The largest absolute Gasteiger partial charge is 0.481 e. The van der Waals surface area contributed by atoms with Crippen molar-refractivity contribution in [3.63, 3.8) is 0 Å². The van der Waals surface area contributed by atoms with Gasteiger partial charge >= 0.3 is 11.9 Å². The quantitative estimate of drug-likeness (QED) is 0.0170. The van der Waals surface area contributed by atoms with Gasteiger partial charge in [-0.05, 0) is 42.9 Å². The SMILES string of the molecule is CC[C@H](C)[C@H](NC(=O)[C@H](CCCN=C(N)N)NC(=O)[C@H](CCC(=O)O)NC(=O)[C@H](CO)NC(=O)[C@@H](NC(=O)[C@@H](N)C(C)C)C(C)C)C(=O)N[C@@H](CO)C(=O)N[C@@H](CO)C(=O)N[C@H](C(=O)O)C(C)C. The van der Waals surface area contributed by atoms with Crippen LogP contribution in [0, 0.1) is 23.7 Å². The van der Waals surface area contributed by atoms with Gasteiger partial charge in [0.1, 0.15) is 48.3 Å². The van der Waals surface area contributed by atoms with Crippen molar-refractivity contribution in [1.29, 1.82) is 0 Å².